The Morgan fingerprint density at radius 1 is 1.11 bits per heavy atom. The van der Waals surface area contributed by atoms with Crippen LogP contribution in [-0.4, -0.2) is 27.1 Å². The number of aromatic nitrogens is 1. The van der Waals surface area contributed by atoms with Gasteiger partial charge in [0.25, 0.3) is 10.2 Å². The third-order valence-electron chi connectivity index (χ3n) is 4.57. The average Bonchev–Trinajstić information content (AvgIpc) is 2.66. The molecular formula is C19H19N3O4S. The highest BCUT2D eigenvalue weighted by Crippen LogP contribution is 2.35. The fourth-order valence-corrected chi connectivity index (χ4v) is 4.15. The van der Waals surface area contributed by atoms with Gasteiger partial charge in [0.15, 0.2) is 0 Å². The maximum Gasteiger partial charge on any atom is 0.299 e. The molecule has 0 radical (unpaired) electrons. The first kappa shape index (κ1) is 17.6. The van der Waals surface area contributed by atoms with E-state index in [0.717, 1.165) is 28.6 Å². The number of hydrogen-bond acceptors (Lipinski definition) is 5. The average molecular weight is 385 g/mol. The molecule has 2 N–H and O–H groups in total. The standard InChI is InChI=1S/C19H19N3O4S/c1-25-14-4-6-16-17(12-14)21-9-8-19(16)26-15-5-7-18-13(11-15)3-2-10-22(18)27(20,23)24/h4-9,11-12H,2-3,10H2,1H3,(H2,20,23,24). The highest BCUT2D eigenvalue weighted by molar-refractivity contribution is 7.90. The van der Waals surface area contributed by atoms with Crippen LogP contribution in [0.1, 0.15) is 12.0 Å². The van der Waals surface area contributed by atoms with Crippen LogP contribution in [-0.2, 0) is 16.6 Å². The van der Waals surface area contributed by atoms with Gasteiger partial charge in [-0.25, -0.2) is 5.14 Å². The zero-order valence-corrected chi connectivity index (χ0v) is 15.6. The Balaban J connectivity index is 1.69. The molecule has 1 aromatic heterocycles. The Labute approximate surface area is 157 Å². The quantitative estimate of drug-likeness (QED) is 0.745. The van der Waals surface area contributed by atoms with Crippen LogP contribution in [0.5, 0.6) is 17.2 Å². The normalized spacial score (nSPS) is 14.1. The van der Waals surface area contributed by atoms with Crippen molar-refractivity contribution in [2.75, 3.05) is 18.0 Å². The summed E-state index contributed by atoms with van der Waals surface area (Å²) >= 11 is 0. The minimum atomic E-state index is -3.77. The summed E-state index contributed by atoms with van der Waals surface area (Å²) in [6.07, 6.45) is 3.16. The zero-order chi connectivity index (χ0) is 19.0. The summed E-state index contributed by atoms with van der Waals surface area (Å²) in [5.74, 6) is 2.03. The highest BCUT2D eigenvalue weighted by atomic mass is 32.2. The van der Waals surface area contributed by atoms with E-state index in [-0.39, 0.29) is 0 Å². The van der Waals surface area contributed by atoms with E-state index in [1.165, 1.54) is 4.31 Å². The van der Waals surface area contributed by atoms with Gasteiger partial charge in [-0.15, -0.1) is 0 Å². The molecule has 2 aromatic carbocycles. The predicted octanol–water partition coefficient (Wildman–Crippen LogP) is 2.99. The predicted molar refractivity (Wildman–Crippen MR) is 104 cm³/mol. The van der Waals surface area contributed by atoms with Crippen LogP contribution in [0.25, 0.3) is 10.9 Å². The summed E-state index contributed by atoms with van der Waals surface area (Å²) in [4.78, 5) is 4.35. The van der Waals surface area contributed by atoms with E-state index >= 15 is 0 Å². The maximum absolute atomic E-state index is 11.8. The summed E-state index contributed by atoms with van der Waals surface area (Å²) in [7, 11) is -2.16. The second kappa shape index (κ2) is 6.71. The number of methoxy groups -OCH3 is 1. The smallest absolute Gasteiger partial charge is 0.299 e. The molecule has 0 saturated heterocycles. The summed E-state index contributed by atoms with van der Waals surface area (Å²) in [5.41, 5.74) is 2.28. The molecule has 0 unspecified atom stereocenters. The first-order chi connectivity index (χ1) is 13.0. The Morgan fingerprint density at radius 2 is 1.93 bits per heavy atom. The van der Waals surface area contributed by atoms with Crippen molar-refractivity contribution in [3.05, 3.63) is 54.2 Å². The van der Waals surface area contributed by atoms with Crippen LogP contribution in [0, 0.1) is 0 Å². The fraction of sp³-hybridized carbons (Fsp3) is 0.211. The van der Waals surface area contributed by atoms with E-state index in [0.29, 0.717) is 30.2 Å². The molecule has 0 fully saturated rings. The number of benzene rings is 2. The van der Waals surface area contributed by atoms with Crippen molar-refractivity contribution in [2.24, 2.45) is 5.14 Å². The van der Waals surface area contributed by atoms with Gasteiger partial charge in [-0.1, -0.05) is 0 Å². The second-order valence-corrected chi connectivity index (χ2v) is 7.78. The Bertz CT molecular complexity index is 1120. The van der Waals surface area contributed by atoms with Crippen molar-refractivity contribution in [2.45, 2.75) is 12.8 Å². The number of anilines is 1. The summed E-state index contributed by atoms with van der Waals surface area (Å²) in [6, 6.07) is 12.7. The van der Waals surface area contributed by atoms with E-state index in [4.69, 9.17) is 14.6 Å². The number of aryl methyl sites for hydroxylation is 1. The lowest BCUT2D eigenvalue weighted by atomic mass is 10.0. The van der Waals surface area contributed by atoms with E-state index in [9.17, 15) is 8.42 Å². The molecule has 3 aromatic rings. The van der Waals surface area contributed by atoms with Crippen LogP contribution in [0.15, 0.2) is 48.7 Å². The molecule has 0 spiro atoms. The maximum atomic E-state index is 11.8. The first-order valence-electron chi connectivity index (χ1n) is 8.50. The molecule has 0 aliphatic carbocycles. The molecule has 2 heterocycles. The van der Waals surface area contributed by atoms with Gasteiger partial charge in [0.1, 0.15) is 17.2 Å². The summed E-state index contributed by atoms with van der Waals surface area (Å²) in [5, 5.41) is 6.19. The molecular weight excluding hydrogens is 366 g/mol. The van der Waals surface area contributed by atoms with Crippen molar-refractivity contribution in [3.63, 3.8) is 0 Å². The van der Waals surface area contributed by atoms with Crippen molar-refractivity contribution in [1.82, 2.24) is 4.98 Å². The van der Waals surface area contributed by atoms with E-state index in [1.807, 2.05) is 24.3 Å². The topological polar surface area (TPSA) is 94.7 Å². The van der Waals surface area contributed by atoms with Crippen molar-refractivity contribution >= 4 is 26.8 Å². The van der Waals surface area contributed by atoms with E-state index < -0.39 is 10.2 Å². The number of hydrogen-bond donors (Lipinski definition) is 1. The number of ether oxygens (including phenoxy) is 2. The van der Waals surface area contributed by atoms with Crippen molar-refractivity contribution in [1.29, 1.82) is 0 Å². The number of nitrogens with two attached hydrogens (primary N) is 1. The fourth-order valence-electron chi connectivity index (χ4n) is 3.31. The van der Waals surface area contributed by atoms with Crippen LogP contribution in [0.2, 0.25) is 0 Å². The number of nitrogens with zero attached hydrogens (tertiary/aromatic N) is 2. The number of fused-ring (bicyclic) bond motifs is 2. The lowest BCUT2D eigenvalue weighted by molar-refractivity contribution is 0.415. The molecule has 140 valence electrons. The number of rotatable bonds is 4. The van der Waals surface area contributed by atoms with Crippen LogP contribution in [0.4, 0.5) is 5.69 Å². The van der Waals surface area contributed by atoms with Gasteiger partial charge in [-0.3, -0.25) is 9.29 Å². The Morgan fingerprint density at radius 3 is 2.70 bits per heavy atom. The van der Waals surface area contributed by atoms with Crippen LogP contribution >= 0.6 is 0 Å². The molecule has 27 heavy (non-hydrogen) atoms. The molecule has 1 aliphatic rings. The molecule has 4 rings (SSSR count). The molecule has 0 bridgehead atoms. The molecule has 0 atom stereocenters. The molecule has 7 nitrogen and oxygen atoms in total. The Hall–Kier alpha value is -2.84. The molecule has 8 heteroatoms. The zero-order valence-electron chi connectivity index (χ0n) is 14.8. The second-order valence-electron chi connectivity index (χ2n) is 6.31. The van der Waals surface area contributed by atoms with Gasteiger partial charge < -0.3 is 9.47 Å². The van der Waals surface area contributed by atoms with Gasteiger partial charge in [-0.2, -0.15) is 8.42 Å². The van der Waals surface area contributed by atoms with Crippen LogP contribution in [0.3, 0.4) is 0 Å². The third-order valence-corrected chi connectivity index (χ3v) is 5.57. The Kier molecular flexibility index (Phi) is 4.37. The largest absolute Gasteiger partial charge is 0.497 e. The monoisotopic (exact) mass is 385 g/mol. The van der Waals surface area contributed by atoms with Crippen LogP contribution < -0.4 is 18.9 Å². The molecule has 0 saturated carbocycles. The lowest BCUT2D eigenvalue weighted by Crippen LogP contribution is -2.40. The molecule has 1 aliphatic heterocycles. The van der Waals surface area contributed by atoms with Crippen molar-refractivity contribution in [3.8, 4) is 17.2 Å². The SMILES string of the molecule is COc1ccc2c(Oc3ccc4c(c3)CCCN4S(N)(=O)=O)ccnc2c1. The summed E-state index contributed by atoms with van der Waals surface area (Å²) < 4.78 is 36.1. The van der Waals surface area contributed by atoms with Gasteiger partial charge in [0, 0.05) is 24.2 Å². The summed E-state index contributed by atoms with van der Waals surface area (Å²) in [6.45, 7) is 0.392. The molecule has 0 amide bonds. The lowest BCUT2D eigenvalue weighted by Gasteiger charge is -2.28. The minimum Gasteiger partial charge on any atom is -0.497 e. The highest BCUT2D eigenvalue weighted by Gasteiger charge is 2.24. The van der Waals surface area contributed by atoms with Gasteiger partial charge >= 0.3 is 0 Å². The van der Waals surface area contributed by atoms with Crippen molar-refractivity contribution < 1.29 is 17.9 Å². The first-order valence-corrected chi connectivity index (χ1v) is 10.00. The number of pyridine rings is 1. The third kappa shape index (κ3) is 3.41. The van der Waals surface area contributed by atoms with Gasteiger partial charge in [-0.05, 0) is 54.8 Å². The van der Waals surface area contributed by atoms with Gasteiger partial charge in [0.05, 0.1) is 18.3 Å². The van der Waals surface area contributed by atoms with E-state index in [1.54, 1.807) is 31.5 Å². The minimum absolute atomic E-state index is 0.392. The van der Waals surface area contributed by atoms with E-state index in [2.05, 4.69) is 4.98 Å². The van der Waals surface area contributed by atoms with Gasteiger partial charge in [0.2, 0.25) is 0 Å².